The average molecular weight is 273 g/mol. The molecule has 0 aromatic rings. The first kappa shape index (κ1) is 17.7. The maximum Gasteiger partial charge on any atom is 0.314 e. The number of carboxylic acid groups (broad SMARTS) is 1. The van der Waals surface area contributed by atoms with Gasteiger partial charge >= 0.3 is 12.0 Å². The first-order valence-corrected chi connectivity index (χ1v) is 6.79. The molecule has 3 N–H and O–H groups in total. The molecule has 1 unspecified atom stereocenters. The van der Waals surface area contributed by atoms with Gasteiger partial charge in [-0.05, 0) is 40.3 Å². The van der Waals surface area contributed by atoms with Crippen molar-refractivity contribution in [1.82, 2.24) is 15.5 Å². The van der Waals surface area contributed by atoms with Crippen LogP contribution in [0.1, 0.15) is 33.6 Å². The number of aliphatic carboxylic acids is 1. The summed E-state index contributed by atoms with van der Waals surface area (Å²) in [7, 11) is 2.08. The molecule has 0 aromatic heterocycles. The molecule has 0 rings (SSSR count). The predicted octanol–water partition coefficient (Wildman–Crippen LogP) is 1.13. The number of rotatable bonds is 9. The van der Waals surface area contributed by atoms with Crippen molar-refractivity contribution in [2.24, 2.45) is 5.92 Å². The van der Waals surface area contributed by atoms with Crippen LogP contribution in [0.4, 0.5) is 4.79 Å². The van der Waals surface area contributed by atoms with E-state index in [4.69, 9.17) is 5.11 Å². The van der Waals surface area contributed by atoms with Gasteiger partial charge in [0.25, 0.3) is 0 Å². The van der Waals surface area contributed by atoms with Gasteiger partial charge in [-0.15, -0.1) is 0 Å². The highest BCUT2D eigenvalue weighted by Crippen LogP contribution is 1.97. The molecule has 2 amide bonds. The molecule has 0 aliphatic heterocycles. The summed E-state index contributed by atoms with van der Waals surface area (Å²) in [6, 6.07) is 0.235. The minimum absolute atomic E-state index is 0.150. The van der Waals surface area contributed by atoms with Crippen LogP contribution in [-0.4, -0.2) is 54.7 Å². The van der Waals surface area contributed by atoms with E-state index in [-0.39, 0.29) is 12.6 Å². The van der Waals surface area contributed by atoms with Crippen LogP contribution in [0.15, 0.2) is 0 Å². The van der Waals surface area contributed by atoms with Crippen molar-refractivity contribution in [2.75, 3.05) is 26.7 Å². The third-order valence-corrected chi connectivity index (χ3v) is 3.10. The van der Waals surface area contributed by atoms with Crippen LogP contribution in [0.25, 0.3) is 0 Å². The first-order valence-electron chi connectivity index (χ1n) is 6.79. The average Bonchev–Trinajstić information content (AvgIpc) is 2.34. The van der Waals surface area contributed by atoms with Crippen LogP contribution in [0.3, 0.4) is 0 Å². The Morgan fingerprint density at radius 2 is 1.79 bits per heavy atom. The summed E-state index contributed by atoms with van der Waals surface area (Å²) in [6.45, 7) is 7.63. The Morgan fingerprint density at radius 3 is 2.32 bits per heavy atom. The van der Waals surface area contributed by atoms with Gasteiger partial charge in [-0.3, -0.25) is 4.79 Å². The molecule has 0 saturated heterocycles. The zero-order chi connectivity index (χ0) is 14.8. The molecule has 0 heterocycles. The van der Waals surface area contributed by atoms with E-state index < -0.39 is 11.9 Å². The fraction of sp³-hybridized carbons (Fsp3) is 0.846. The Bertz CT molecular complexity index is 282. The molecule has 0 aliphatic rings. The van der Waals surface area contributed by atoms with Crippen molar-refractivity contribution in [3.63, 3.8) is 0 Å². The van der Waals surface area contributed by atoms with Crippen LogP contribution in [0.5, 0.6) is 0 Å². The van der Waals surface area contributed by atoms with E-state index in [1.807, 2.05) is 0 Å². The number of hydrogen-bond donors (Lipinski definition) is 3. The summed E-state index contributed by atoms with van der Waals surface area (Å²) in [4.78, 5) is 24.2. The molecular formula is C13H27N3O3. The monoisotopic (exact) mass is 273 g/mol. The third-order valence-electron chi connectivity index (χ3n) is 3.10. The molecule has 6 nitrogen and oxygen atoms in total. The third kappa shape index (κ3) is 9.30. The molecule has 0 fully saturated rings. The number of urea groups is 1. The van der Waals surface area contributed by atoms with Crippen molar-refractivity contribution in [3.05, 3.63) is 0 Å². The lowest BCUT2D eigenvalue weighted by atomic mass is 10.2. The van der Waals surface area contributed by atoms with Crippen LogP contribution >= 0.6 is 0 Å². The summed E-state index contributed by atoms with van der Waals surface area (Å²) in [6.07, 6.45) is 1.94. The van der Waals surface area contributed by atoms with E-state index in [1.165, 1.54) is 0 Å². The quantitative estimate of drug-likeness (QED) is 0.550. The molecule has 19 heavy (non-hydrogen) atoms. The van der Waals surface area contributed by atoms with Crippen LogP contribution in [-0.2, 0) is 4.79 Å². The lowest BCUT2D eigenvalue weighted by Gasteiger charge is -2.20. The van der Waals surface area contributed by atoms with Gasteiger partial charge in [0.15, 0.2) is 0 Å². The molecule has 0 spiro atoms. The van der Waals surface area contributed by atoms with Gasteiger partial charge in [0.1, 0.15) is 0 Å². The molecule has 112 valence electrons. The lowest BCUT2D eigenvalue weighted by Crippen LogP contribution is -2.39. The van der Waals surface area contributed by atoms with Crippen molar-refractivity contribution in [1.29, 1.82) is 0 Å². The van der Waals surface area contributed by atoms with E-state index in [1.54, 1.807) is 6.92 Å². The highest BCUT2D eigenvalue weighted by Gasteiger charge is 2.11. The van der Waals surface area contributed by atoms with E-state index in [0.29, 0.717) is 12.6 Å². The van der Waals surface area contributed by atoms with Crippen molar-refractivity contribution >= 4 is 12.0 Å². The Kier molecular flexibility index (Phi) is 8.95. The number of carboxylic acids is 1. The Hall–Kier alpha value is -1.30. The Morgan fingerprint density at radius 1 is 1.16 bits per heavy atom. The number of carbonyl (C=O) groups is 2. The zero-order valence-corrected chi connectivity index (χ0v) is 12.4. The molecule has 0 saturated carbocycles. The molecule has 6 heteroatoms. The maximum atomic E-state index is 11.3. The summed E-state index contributed by atoms with van der Waals surface area (Å²) in [5, 5.41) is 13.9. The van der Waals surface area contributed by atoms with Crippen molar-refractivity contribution in [3.8, 4) is 0 Å². The second kappa shape index (κ2) is 9.61. The molecule has 0 aromatic carbocycles. The van der Waals surface area contributed by atoms with Gasteiger partial charge < -0.3 is 20.6 Å². The van der Waals surface area contributed by atoms with E-state index in [2.05, 4.69) is 36.4 Å². The molecule has 0 aliphatic carbocycles. The Balaban J connectivity index is 3.51. The highest BCUT2D eigenvalue weighted by atomic mass is 16.4. The van der Waals surface area contributed by atoms with Gasteiger partial charge in [0, 0.05) is 19.1 Å². The fourth-order valence-electron chi connectivity index (χ4n) is 1.34. The molecule has 1 atom stereocenters. The summed E-state index contributed by atoms with van der Waals surface area (Å²) in [5.74, 6) is -1.47. The first-order chi connectivity index (χ1) is 8.84. The van der Waals surface area contributed by atoms with Crippen LogP contribution < -0.4 is 10.6 Å². The van der Waals surface area contributed by atoms with Crippen LogP contribution in [0.2, 0.25) is 0 Å². The number of hydrogen-bond acceptors (Lipinski definition) is 3. The summed E-state index contributed by atoms with van der Waals surface area (Å²) < 4.78 is 0. The standard InChI is InChI=1S/C13H27N3O3/c1-10(2)16(4)8-6-5-7-14-13(19)15-9-11(3)12(17)18/h10-11H,5-9H2,1-4H3,(H,17,18)(H2,14,15,19). The number of carbonyl (C=O) groups excluding carboxylic acids is 1. The highest BCUT2D eigenvalue weighted by molar-refractivity contribution is 5.75. The maximum absolute atomic E-state index is 11.3. The number of nitrogens with one attached hydrogen (secondary N) is 2. The number of amides is 2. The minimum Gasteiger partial charge on any atom is -0.481 e. The fourth-order valence-corrected chi connectivity index (χ4v) is 1.34. The van der Waals surface area contributed by atoms with Gasteiger partial charge in [-0.25, -0.2) is 4.79 Å². The second-order valence-corrected chi connectivity index (χ2v) is 5.16. The van der Waals surface area contributed by atoms with E-state index in [0.717, 1.165) is 19.4 Å². The minimum atomic E-state index is -0.906. The van der Waals surface area contributed by atoms with Crippen molar-refractivity contribution < 1.29 is 14.7 Å². The SMILES string of the molecule is CC(CNC(=O)NCCCCN(C)C(C)C)C(=O)O. The number of nitrogens with zero attached hydrogens (tertiary/aromatic N) is 1. The van der Waals surface area contributed by atoms with Gasteiger partial charge in [0.2, 0.25) is 0 Å². The molecular weight excluding hydrogens is 246 g/mol. The smallest absolute Gasteiger partial charge is 0.314 e. The second-order valence-electron chi connectivity index (χ2n) is 5.16. The zero-order valence-electron chi connectivity index (χ0n) is 12.4. The topological polar surface area (TPSA) is 81.7 Å². The van der Waals surface area contributed by atoms with E-state index >= 15 is 0 Å². The summed E-state index contributed by atoms with van der Waals surface area (Å²) in [5.41, 5.74) is 0. The van der Waals surface area contributed by atoms with Gasteiger partial charge in [-0.1, -0.05) is 6.92 Å². The lowest BCUT2D eigenvalue weighted by molar-refractivity contribution is -0.140. The Labute approximate surface area is 115 Å². The van der Waals surface area contributed by atoms with E-state index in [9.17, 15) is 9.59 Å². The largest absolute Gasteiger partial charge is 0.481 e. The van der Waals surface area contributed by atoms with Gasteiger partial charge in [0.05, 0.1) is 5.92 Å². The molecule has 0 radical (unpaired) electrons. The van der Waals surface area contributed by atoms with Gasteiger partial charge in [-0.2, -0.15) is 0 Å². The molecule has 0 bridgehead atoms. The van der Waals surface area contributed by atoms with Crippen LogP contribution in [0, 0.1) is 5.92 Å². The normalized spacial score (nSPS) is 12.5. The summed E-state index contributed by atoms with van der Waals surface area (Å²) >= 11 is 0. The predicted molar refractivity (Wildman–Crippen MR) is 75.2 cm³/mol. The number of unbranched alkanes of at least 4 members (excludes halogenated alkanes) is 1. The van der Waals surface area contributed by atoms with Crippen molar-refractivity contribution in [2.45, 2.75) is 39.7 Å².